The second-order valence-electron chi connectivity index (χ2n) is 7.73. The molecule has 2 fully saturated rings. The first kappa shape index (κ1) is 19.0. The Morgan fingerprint density at radius 2 is 2.04 bits per heavy atom. The highest BCUT2D eigenvalue weighted by Gasteiger charge is 2.61. The summed E-state index contributed by atoms with van der Waals surface area (Å²) >= 11 is 0. The van der Waals surface area contributed by atoms with Crippen LogP contribution in [0.15, 0.2) is 12.7 Å². The van der Waals surface area contributed by atoms with Gasteiger partial charge in [0, 0.05) is 6.42 Å². The normalized spacial score (nSPS) is 31.2. The smallest absolute Gasteiger partial charge is 0.305 e. The van der Waals surface area contributed by atoms with Gasteiger partial charge < -0.3 is 24.7 Å². The van der Waals surface area contributed by atoms with Gasteiger partial charge in [0.2, 0.25) is 0 Å². The summed E-state index contributed by atoms with van der Waals surface area (Å²) in [4.78, 5) is 24.5. The minimum Gasteiger partial charge on any atom is -0.466 e. The molecular weight excluding hydrogens is 366 g/mol. The molecule has 0 amide bonds. The highest BCUT2D eigenvalue weighted by atomic mass is 16.8. The van der Waals surface area contributed by atoms with Crippen molar-refractivity contribution in [3.05, 3.63) is 12.7 Å². The average Bonchev–Trinajstić information content (AvgIpc) is 3.26. The van der Waals surface area contributed by atoms with Gasteiger partial charge in [0.15, 0.2) is 23.5 Å². The first-order valence-corrected chi connectivity index (χ1v) is 9.36. The third-order valence-corrected chi connectivity index (χ3v) is 5.19. The number of esters is 1. The zero-order chi connectivity index (χ0) is 20.1. The van der Waals surface area contributed by atoms with Crippen molar-refractivity contribution in [3.8, 4) is 0 Å². The first-order chi connectivity index (χ1) is 13.2. The van der Waals surface area contributed by atoms with Crippen molar-refractivity contribution in [2.24, 2.45) is 0 Å². The number of carbonyl (C=O) groups excluding carboxylic acids is 1. The number of nitrogens with zero attached hydrogens (tertiary/aromatic N) is 4. The molecule has 28 heavy (non-hydrogen) atoms. The van der Waals surface area contributed by atoms with Crippen LogP contribution in [0.2, 0.25) is 0 Å². The first-order valence-electron chi connectivity index (χ1n) is 9.36. The average molecular weight is 391 g/mol. The van der Waals surface area contributed by atoms with Crippen LogP contribution < -0.4 is 5.73 Å². The van der Waals surface area contributed by atoms with E-state index in [1.54, 1.807) is 17.8 Å². The van der Waals surface area contributed by atoms with Crippen LogP contribution in [0.4, 0.5) is 5.82 Å². The molecule has 4 atom stereocenters. The Bertz CT molecular complexity index is 900. The van der Waals surface area contributed by atoms with Gasteiger partial charge in [-0.2, -0.15) is 0 Å². The predicted octanol–water partition coefficient (Wildman–Crippen LogP) is 1.56. The number of anilines is 1. The molecule has 2 aromatic heterocycles. The molecule has 0 spiro atoms. The number of hydrogen-bond donors (Lipinski definition) is 1. The molecule has 0 saturated carbocycles. The van der Waals surface area contributed by atoms with Gasteiger partial charge in [-0.25, -0.2) is 15.0 Å². The number of imidazole rings is 1. The zero-order valence-electron chi connectivity index (χ0n) is 16.4. The highest BCUT2D eigenvalue weighted by Crippen LogP contribution is 2.50. The minimum absolute atomic E-state index is 0.226. The lowest BCUT2D eigenvalue weighted by Gasteiger charge is -2.31. The lowest BCUT2D eigenvalue weighted by Crippen LogP contribution is -2.41. The van der Waals surface area contributed by atoms with Crippen LogP contribution in [0.5, 0.6) is 0 Å². The second kappa shape index (κ2) is 6.64. The van der Waals surface area contributed by atoms with Crippen molar-refractivity contribution in [1.82, 2.24) is 19.5 Å². The van der Waals surface area contributed by atoms with Gasteiger partial charge in [-0.15, -0.1) is 0 Å². The van der Waals surface area contributed by atoms with E-state index in [-0.39, 0.29) is 18.5 Å². The van der Waals surface area contributed by atoms with Crippen molar-refractivity contribution >= 4 is 23.0 Å². The fourth-order valence-electron chi connectivity index (χ4n) is 3.94. The summed E-state index contributed by atoms with van der Waals surface area (Å²) in [7, 11) is 0. The maximum Gasteiger partial charge on any atom is 0.305 e. The van der Waals surface area contributed by atoms with Gasteiger partial charge in [-0.1, -0.05) is 0 Å². The molecule has 10 heteroatoms. The molecule has 3 unspecified atom stereocenters. The molecule has 152 valence electrons. The molecule has 2 aromatic rings. The zero-order valence-corrected chi connectivity index (χ0v) is 16.4. The fourth-order valence-corrected chi connectivity index (χ4v) is 3.94. The number of rotatable bonds is 5. The molecule has 2 aliphatic rings. The standard InChI is InChI=1S/C18H25N5O5/c1-5-25-10(24)6-7-18(4)13-12(26-17(2,3)27-13)16(28-18)23-9-22-11-14(19)20-8-21-15(11)23/h8-9,12-13,16H,5-7H2,1-4H3,(H2,19,20,21)/t12?,13?,16?,18-/m0/s1. The summed E-state index contributed by atoms with van der Waals surface area (Å²) in [6.07, 6.45) is 2.38. The van der Waals surface area contributed by atoms with E-state index in [0.717, 1.165) is 0 Å². The lowest BCUT2D eigenvalue weighted by atomic mass is 9.92. The van der Waals surface area contributed by atoms with E-state index >= 15 is 0 Å². The molecular formula is C18H25N5O5. The van der Waals surface area contributed by atoms with Crippen molar-refractivity contribution in [1.29, 1.82) is 0 Å². The Hall–Kier alpha value is -2.30. The Balaban J connectivity index is 1.66. The van der Waals surface area contributed by atoms with E-state index < -0.39 is 23.7 Å². The molecule has 2 N–H and O–H groups in total. The number of nitrogens with two attached hydrogens (primary N) is 1. The monoisotopic (exact) mass is 391 g/mol. The summed E-state index contributed by atoms with van der Waals surface area (Å²) < 4.78 is 25.5. The van der Waals surface area contributed by atoms with Gasteiger partial charge in [-0.3, -0.25) is 9.36 Å². The number of ether oxygens (including phenoxy) is 4. The van der Waals surface area contributed by atoms with Gasteiger partial charge in [0.05, 0.1) is 18.5 Å². The van der Waals surface area contributed by atoms with Crippen LogP contribution in [-0.4, -0.2) is 55.7 Å². The highest BCUT2D eigenvalue weighted by molar-refractivity contribution is 5.81. The number of hydrogen-bond acceptors (Lipinski definition) is 9. The fraction of sp³-hybridized carbons (Fsp3) is 0.667. The Morgan fingerprint density at radius 3 is 2.79 bits per heavy atom. The van der Waals surface area contributed by atoms with E-state index in [4.69, 9.17) is 24.7 Å². The molecule has 0 aliphatic carbocycles. The SMILES string of the molecule is CCOC(=O)CC[C@]1(C)OC(n2cnc3c(N)ncnc32)C2OC(C)(C)OC21. The van der Waals surface area contributed by atoms with Gasteiger partial charge >= 0.3 is 5.97 Å². The molecule has 4 rings (SSSR count). The summed E-state index contributed by atoms with van der Waals surface area (Å²) in [5.74, 6) is -0.737. The molecule has 10 nitrogen and oxygen atoms in total. The van der Waals surface area contributed by atoms with Gasteiger partial charge in [0.25, 0.3) is 0 Å². The number of carbonyl (C=O) groups is 1. The van der Waals surface area contributed by atoms with E-state index in [1.807, 2.05) is 20.8 Å². The van der Waals surface area contributed by atoms with Crippen LogP contribution >= 0.6 is 0 Å². The number of fused-ring (bicyclic) bond motifs is 2. The summed E-state index contributed by atoms with van der Waals surface area (Å²) in [5.41, 5.74) is 6.22. The maximum absolute atomic E-state index is 11.9. The number of aromatic nitrogens is 4. The van der Waals surface area contributed by atoms with Gasteiger partial charge in [0.1, 0.15) is 24.1 Å². The van der Waals surface area contributed by atoms with E-state index in [9.17, 15) is 4.79 Å². The summed E-state index contributed by atoms with van der Waals surface area (Å²) in [6, 6.07) is 0. The predicted molar refractivity (Wildman–Crippen MR) is 98.0 cm³/mol. The molecule has 0 aromatic carbocycles. The molecule has 0 radical (unpaired) electrons. The molecule has 2 aliphatic heterocycles. The van der Waals surface area contributed by atoms with Crippen molar-refractivity contribution in [3.63, 3.8) is 0 Å². The molecule has 2 saturated heterocycles. The largest absolute Gasteiger partial charge is 0.466 e. The van der Waals surface area contributed by atoms with E-state index in [0.29, 0.717) is 30.0 Å². The van der Waals surface area contributed by atoms with Crippen LogP contribution in [0, 0.1) is 0 Å². The summed E-state index contributed by atoms with van der Waals surface area (Å²) in [5, 5.41) is 0. The topological polar surface area (TPSA) is 124 Å². The number of nitrogen functional groups attached to an aromatic ring is 1. The van der Waals surface area contributed by atoms with E-state index in [1.165, 1.54) is 6.33 Å². The van der Waals surface area contributed by atoms with Gasteiger partial charge in [-0.05, 0) is 34.1 Å². The second-order valence-corrected chi connectivity index (χ2v) is 7.73. The third kappa shape index (κ3) is 3.11. The Kier molecular flexibility index (Phi) is 4.52. The van der Waals surface area contributed by atoms with Crippen molar-refractivity contribution in [2.75, 3.05) is 12.3 Å². The summed E-state index contributed by atoms with van der Waals surface area (Å²) in [6.45, 7) is 7.78. The Morgan fingerprint density at radius 1 is 1.25 bits per heavy atom. The van der Waals surface area contributed by atoms with Crippen LogP contribution in [0.3, 0.4) is 0 Å². The van der Waals surface area contributed by atoms with Crippen molar-refractivity contribution in [2.45, 2.75) is 70.4 Å². The quantitative estimate of drug-likeness (QED) is 0.756. The lowest BCUT2D eigenvalue weighted by molar-refractivity contribution is -0.217. The molecule has 4 heterocycles. The maximum atomic E-state index is 11.9. The van der Waals surface area contributed by atoms with Crippen LogP contribution in [0.1, 0.15) is 46.8 Å². The third-order valence-electron chi connectivity index (χ3n) is 5.19. The minimum atomic E-state index is -0.771. The van der Waals surface area contributed by atoms with Crippen molar-refractivity contribution < 1.29 is 23.7 Å². The molecule has 0 bridgehead atoms. The van der Waals surface area contributed by atoms with Crippen LogP contribution in [0.25, 0.3) is 11.2 Å². The Labute approximate surface area is 162 Å². The van der Waals surface area contributed by atoms with E-state index in [2.05, 4.69) is 15.0 Å². The van der Waals surface area contributed by atoms with Crippen LogP contribution in [-0.2, 0) is 23.7 Å².